The Hall–Kier alpha value is -3.38. The van der Waals surface area contributed by atoms with Crippen molar-refractivity contribution in [2.75, 3.05) is 4.90 Å². The second-order valence-corrected chi connectivity index (χ2v) is 12.0. The number of benzene rings is 3. The van der Waals surface area contributed by atoms with Crippen molar-refractivity contribution < 1.29 is 18.8 Å². The minimum absolute atomic E-state index is 0.0792. The second kappa shape index (κ2) is 8.06. The molecule has 2 aliphatic heterocycles. The summed E-state index contributed by atoms with van der Waals surface area (Å²) in [6, 6.07) is 17.1. The lowest BCUT2D eigenvalue weighted by Gasteiger charge is -2.38. The molecule has 6 heteroatoms. The van der Waals surface area contributed by atoms with Crippen LogP contribution in [0.25, 0.3) is 6.08 Å². The first-order valence-electron chi connectivity index (χ1n) is 12.3. The molecule has 37 heavy (non-hydrogen) atoms. The summed E-state index contributed by atoms with van der Waals surface area (Å²) in [7, 11) is 0. The van der Waals surface area contributed by atoms with Crippen LogP contribution >= 0.6 is 15.9 Å². The molecule has 4 nitrogen and oxygen atoms in total. The summed E-state index contributed by atoms with van der Waals surface area (Å²) < 4.78 is 14.9. The van der Waals surface area contributed by atoms with E-state index in [9.17, 15) is 18.8 Å². The van der Waals surface area contributed by atoms with Crippen molar-refractivity contribution in [3.63, 3.8) is 0 Å². The minimum atomic E-state index is -1.56. The number of carbonyl (C=O) groups is 3. The highest BCUT2D eigenvalue weighted by Crippen LogP contribution is 2.61. The van der Waals surface area contributed by atoms with Crippen LogP contribution in [-0.4, -0.2) is 29.4 Å². The third-order valence-corrected chi connectivity index (χ3v) is 8.50. The largest absolute Gasteiger partial charge is 0.352 e. The molecule has 186 valence electrons. The number of carbonyl (C=O) groups excluding carboxylic acids is 3. The predicted molar refractivity (Wildman–Crippen MR) is 144 cm³/mol. The predicted octanol–water partition coefficient (Wildman–Crippen LogP) is 6.64. The highest BCUT2D eigenvalue weighted by atomic mass is 79.9. The zero-order valence-corrected chi connectivity index (χ0v) is 22.3. The fourth-order valence-electron chi connectivity index (χ4n) is 6.43. The first-order chi connectivity index (χ1) is 17.6. The monoisotopic (exact) mass is 557 g/mol. The Bertz CT molecular complexity index is 1480. The lowest BCUT2D eigenvalue weighted by atomic mass is 9.63. The summed E-state index contributed by atoms with van der Waals surface area (Å²) >= 11 is 3.53. The first-order valence-corrected chi connectivity index (χ1v) is 13.1. The second-order valence-electron chi connectivity index (χ2n) is 11.1. The summed E-state index contributed by atoms with van der Waals surface area (Å²) in [5.41, 5.74) is 0.708. The molecule has 3 atom stereocenters. The fourth-order valence-corrected chi connectivity index (χ4v) is 6.81. The quantitative estimate of drug-likeness (QED) is 0.331. The smallest absolute Gasteiger partial charge is 0.180 e. The summed E-state index contributed by atoms with van der Waals surface area (Å²) in [6.07, 6.45) is 3.82. The maximum atomic E-state index is 14.4. The van der Waals surface area contributed by atoms with Gasteiger partial charge in [-0.15, -0.1) is 0 Å². The maximum absolute atomic E-state index is 14.4. The van der Waals surface area contributed by atoms with E-state index in [1.165, 1.54) is 12.1 Å². The van der Waals surface area contributed by atoms with Gasteiger partial charge in [0.2, 0.25) is 0 Å². The summed E-state index contributed by atoms with van der Waals surface area (Å²) in [6.45, 7) is 5.56. The lowest BCUT2D eigenvalue weighted by molar-refractivity contribution is -0.127. The van der Waals surface area contributed by atoms with Crippen LogP contribution in [0.5, 0.6) is 0 Å². The molecule has 1 aliphatic carbocycles. The molecule has 0 aromatic heterocycles. The van der Waals surface area contributed by atoms with Crippen LogP contribution in [0.1, 0.15) is 58.5 Å². The van der Waals surface area contributed by atoms with Gasteiger partial charge in [0.1, 0.15) is 11.2 Å². The average molecular weight is 558 g/mol. The van der Waals surface area contributed by atoms with Crippen LogP contribution in [0.3, 0.4) is 0 Å². The van der Waals surface area contributed by atoms with E-state index in [2.05, 4.69) is 15.9 Å². The van der Waals surface area contributed by atoms with E-state index in [4.69, 9.17) is 0 Å². The molecule has 3 aliphatic rings. The molecule has 3 aromatic carbocycles. The number of anilines is 1. The van der Waals surface area contributed by atoms with Crippen LogP contribution in [0.2, 0.25) is 0 Å². The zero-order valence-electron chi connectivity index (χ0n) is 20.7. The highest BCUT2D eigenvalue weighted by molar-refractivity contribution is 9.10. The van der Waals surface area contributed by atoms with E-state index < -0.39 is 34.6 Å². The van der Waals surface area contributed by atoms with E-state index in [1.54, 1.807) is 36.4 Å². The Morgan fingerprint density at radius 3 is 2.16 bits per heavy atom. The van der Waals surface area contributed by atoms with Gasteiger partial charge in [-0.25, -0.2) is 4.39 Å². The average Bonchev–Trinajstić information content (AvgIpc) is 3.29. The molecule has 0 amide bonds. The molecular formula is C31H25BrFNO3. The maximum Gasteiger partial charge on any atom is 0.180 e. The molecule has 1 saturated heterocycles. The van der Waals surface area contributed by atoms with Gasteiger partial charge in [-0.05, 0) is 41.5 Å². The van der Waals surface area contributed by atoms with Gasteiger partial charge in [0.15, 0.2) is 17.3 Å². The van der Waals surface area contributed by atoms with Gasteiger partial charge in [0.05, 0.1) is 12.1 Å². The number of rotatable bonds is 2. The van der Waals surface area contributed by atoms with Gasteiger partial charge >= 0.3 is 0 Å². The third-order valence-electron chi connectivity index (χ3n) is 8.00. The molecule has 0 saturated carbocycles. The van der Waals surface area contributed by atoms with E-state index in [1.807, 2.05) is 56.0 Å². The van der Waals surface area contributed by atoms with Crippen molar-refractivity contribution >= 4 is 45.0 Å². The summed E-state index contributed by atoms with van der Waals surface area (Å²) in [5, 5.41) is 0. The first kappa shape index (κ1) is 24.0. The van der Waals surface area contributed by atoms with E-state index in [0.29, 0.717) is 16.7 Å². The zero-order chi connectivity index (χ0) is 26.3. The third kappa shape index (κ3) is 3.21. The van der Waals surface area contributed by atoms with Crippen molar-refractivity contribution in [1.29, 1.82) is 0 Å². The number of fused-ring (bicyclic) bond motifs is 5. The van der Waals surface area contributed by atoms with Crippen molar-refractivity contribution in [3.05, 3.63) is 105 Å². The molecule has 1 fully saturated rings. The van der Waals surface area contributed by atoms with Gasteiger partial charge in [0, 0.05) is 32.6 Å². The molecule has 1 spiro atoms. The summed E-state index contributed by atoms with van der Waals surface area (Å²) in [4.78, 5) is 45.2. The van der Waals surface area contributed by atoms with E-state index in [-0.39, 0.29) is 17.3 Å². The number of hydrogen-bond donors (Lipinski definition) is 0. The SMILES string of the molecule is CC(C)(C)C(=O)[C@@H]1[C@@H](c2ccc(F)cc2)C2(C(=O)c3ccccc3C2=O)[C@@H]2C=Cc3cc(Br)ccc3N12. The van der Waals surface area contributed by atoms with E-state index in [0.717, 1.165) is 15.7 Å². The van der Waals surface area contributed by atoms with Gasteiger partial charge < -0.3 is 4.90 Å². The Morgan fingerprint density at radius 2 is 1.57 bits per heavy atom. The van der Waals surface area contributed by atoms with Gasteiger partial charge in [-0.3, -0.25) is 14.4 Å². The lowest BCUT2D eigenvalue weighted by Crippen LogP contribution is -2.49. The van der Waals surface area contributed by atoms with Crippen LogP contribution < -0.4 is 4.90 Å². The molecule has 0 bridgehead atoms. The fraction of sp³-hybridized carbons (Fsp3) is 0.258. The molecule has 0 N–H and O–H groups in total. The Kier molecular flexibility index (Phi) is 5.22. The van der Waals surface area contributed by atoms with Crippen LogP contribution in [-0.2, 0) is 4.79 Å². The van der Waals surface area contributed by atoms with Gasteiger partial charge in [-0.1, -0.05) is 85.3 Å². The number of Topliss-reactive ketones (excluding diaryl/α,β-unsaturated/α-hetero) is 3. The number of hydrogen-bond acceptors (Lipinski definition) is 4. The van der Waals surface area contributed by atoms with Crippen molar-refractivity contribution in [2.45, 2.75) is 38.8 Å². The van der Waals surface area contributed by atoms with Crippen LogP contribution in [0.4, 0.5) is 10.1 Å². The van der Waals surface area contributed by atoms with E-state index >= 15 is 0 Å². The van der Waals surface area contributed by atoms with Gasteiger partial charge in [-0.2, -0.15) is 0 Å². The highest BCUT2D eigenvalue weighted by Gasteiger charge is 2.71. The van der Waals surface area contributed by atoms with Gasteiger partial charge in [0.25, 0.3) is 0 Å². The standard InChI is InChI=1S/C31H25BrFNO3/c1-30(2,3)29(37)26-25(17-8-12-20(33)13-9-17)31(27(35)21-6-4-5-7-22(21)28(31)36)24-15-10-18-16-19(32)11-14-23(18)34(24)26/h4-16,24-26H,1-3H3/t24-,25+,26-/m0/s1. The molecule has 6 rings (SSSR count). The number of ketones is 3. The Balaban J connectivity index is 1.70. The van der Waals surface area contributed by atoms with Crippen molar-refractivity contribution in [1.82, 2.24) is 0 Å². The van der Waals surface area contributed by atoms with Crippen LogP contribution in [0.15, 0.2) is 77.3 Å². The molecular weight excluding hydrogens is 533 g/mol. The Morgan fingerprint density at radius 1 is 0.946 bits per heavy atom. The summed E-state index contributed by atoms with van der Waals surface area (Å²) in [5.74, 6) is -1.88. The number of nitrogens with zero attached hydrogens (tertiary/aromatic N) is 1. The normalized spacial score (nSPS) is 23.3. The Labute approximate surface area is 223 Å². The van der Waals surface area contributed by atoms with Crippen molar-refractivity contribution in [2.24, 2.45) is 10.8 Å². The van der Waals surface area contributed by atoms with Crippen LogP contribution in [0, 0.1) is 16.6 Å². The topological polar surface area (TPSA) is 54.5 Å². The number of halogens is 2. The van der Waals surface area contributed by atoms with Crippen molar-refractivity contribution in [3.8, 4) is 0 Å². The molecule has 0 radical (unpaired) electrons. The molecule has 0 unspecified atom stereocenters. The minimum Gasteiger partial charge on any atom is -0.352 e. The molecule has 2 heterocycles. The molecule has 3 aromatic rings.